The van der Waals surface area contributed by atoms with Gasteiger partial charge in [0.2, 0.25) is 0 Å². The summed E-state index contributed by atoms with van der Waals surface area (Å²) in [5.41, 5.74) is 2.81. The van der Waals surface area contributed by atoms with E-state index in [1.165, 1.54) is 30.5 Å². The fourth-order valence-electron chi connectivity index (χ4n) is 3.83. The lowest BCUT2D eigenvalue weighted by Crippen LogP contribution is -2.13. The van der Waals surface area contributed by atoms with Crippen molar-refractivity contribution < 1.29 is 21.2 Å². The average molecular weight is 476 g/mol. The molecule has 0 N–H and O–H groups in total. The lowest BCUT2D eigenvalue weighted by Gasteiger charge is -2.07. The van der Waals surface area contributed by atoms with Crippen LogP contribution in [0.15, 0.2) is 59.6 Å². The molecule has 0 unspecified atom stereocenters. The minimum absolute atomic E-state index is 0.0657. The SMILES string of the molecule is Cc1nn(CCS(C)(=O)=O)c(C)c1-c1cn(S(=O)(=O)c2ccccc2)c2cc(F)ccc12. The van der Waals surface area contributed by atoms with E-state index in [1.54, 1.807) is 42.8 Å². The van der Waals surface area contributed by atoms with Gasteiger partial charge in [0.1, 0.15) is 15.7 Å². The maximum Gasteiger partial charge on any atom is 0.268 e. The van der Waals surface area contributed by atoms with E-state index in [0.29, 0.717) is 27.9 Å². The molecule has 0 radical (unpaired) electrons. The molecule has 168 valence electrons. The maximum atomic E-state index is 14.1. The minimum atomic E-state index is -3.97. The van der Waals surface area contributed by atoms with Gasteiger partial charge in [-0.1, -0.05) is 18.2 Å². The van der Waals surface area contributed by atoms with Crippen molar-refractivity contribution in [1.82, 2.24) is 13.8 Å². The number of rotatable bonds is 6. The number of aryl methyl sites for hydroxylation is 2. The third-order valence-electron chi connectivity index (χ3n) is 5.36. The number of fused-ring (bicyclic) bond motifs is 1. The maximum absolute atomic E-state index is 14.1. The van der Waals surface area contributed by atoms with E-state index in [4.69, 9.17) is 0 Å². The molecule has 0 aliphatic carbocycles. The van der Waals surface area contributed by atoms with Crippen molar-refractivity contribution in [2.75, 3.05) is 12.0 Å². The lowest BCUT2D eigenvalue weighted by molar-refractivity contribution is 0.581. The van der Waals surface area contributed by atoms with Crippen LogP contribution < -0.4 is 0 Å². The zero-order valence-electron chi connectivity index (χ0n) is 17.8. The molecule has 2 aromatic carbocycles. The van der Waals surface area contributed by atoms with Crippen molar-refractivity contribution in [2.45, 2.75) is 25.3 Å². The quantitative estimate of drug-likeness (QED) is 0.425. The Kier molecular flexibility index (Phi) is 5.46. The molecular weight excluding hydrogens is 453 g/mol. The molecule has 0 fully saturated rings. The summed E-state index contributed by atoms with van der Waals surface area (Å²) in [6.07, 6.45) is 2.64. The van der Waals surface area contributed by atoms with Gasteiger partial charge in [0.15, 0.2) is 0 Å². The standard InChI is InChI=1S/C22H22FN3O4S2/c1-15-22(16(2)25(24-15)11-12-31(3,27)28)20-14-26(21-13-17(23)9-10-19(20)21)32(29,30)18-7-5-4-6-8-18/h4-10,13-14H,11-12H2,1-3H3. The Morgan fingerprint density at radius 1 is 1.00 bits per heavy atom. The fourth-order valence-corrected chi connectivity index (χ4v) is 5.72. The first kappa shape index (κ1) is 22.2. The molecular formula is C22H22FN3O4S2. The number of halogens is 1. The molecule has 0 spiro atoms. The van der Waals surface area contributed by atoms with E-state index in [-0.39, 0.29) is 22.7 Å². The molecule has 32 heavy (non-hydrogen) atoms. The van der Waals surface area contributed by atoms with Gasteiger partial charge in [-0.3, -0.25) is 4.68 Å². The Bertz CT molecular complexity index is 1540. The van der Waals surface area contributed by atoms with Gasteiger partial charge in [0, 0.05) is 34.7 Å². The Balaban J connectivity index is 1.94. The predicted molar refractivity (Wildman–Crippen MR) is 121 cm³/mol. The summed E-state index contributed by atoms with van der Waals surface area (Å²) in [5, 5.41) is 5.02. The predicted octanol–water partition coefficient (Wildman–Crippen LogP) is 3.54. The van der Waals surface area contributed by atoms with Crippen LogP contribution in [0.5, 0.6) is 0 Å². The monoisotopic (exact) mass is 475 g/mol. The van der Waals surface area contributed by atoms with Crippen molar-refractivity contribution in [2.24, 2.45) is 0 Å². The molecule has 4 rings (SSSR count). The van der Waals surface area contributed by atoms with Gasteiger partial charge < -0.3 is 0 Å². The highest BCUT2D eigenvalue weighted by Gasteiger charge is 2.25. The van der Waals surface area contributed by atoms with Gasteiger partial charge >= 0.3 is 0 Å². The molecule has 0 saturated carbocycles. The smallest absolute Gasteiger partial charge is 0.268 e. The van der Waals surface area contributed by atoms with E-state index in [2.05, 4.69) is 5.10 Å². The van der Waals surface area contributed by atoms with Crippen LogP contribution >= 0.6 is 0 Å². The molecule has 0 saturated heterocycles. The molecule has 2 heterocycles. The van der Waals surface area contributed by atoms with Crippen LogP contribution in [0.2, 0.25) is 0 Å². The third-order valence-corrected chi connectivity index (χ3v) is 7.97. The second-order valence-electron chi connectivity index (χ2n) is 7.72. The van der Waals surface area contributed by atoms with Crippen LogP contribution in [0.3, 0.4) is 0 Å². The normalized spacial score (nSPS) is 12.5. The number of aromatic nitrogens is 3. The molecule has 0 aliphatic heterocycles. The molecule has 7 nitrogen and oxygen atoms in total. The first-order chi connectivity index (χ1) is 15.0. The van der Waals surface area contributed by atoms with Crippen molar-refractivity contribution in [1.29, 1.82) is 0 Å². The number of hydrogen-bond acceptors (Lipinski definition) is 5. The van der Waals surface area contributed by atoms with Crippen LogP contribution in [-0.4, -0.2) is 42.6 Å². The topological polar surface area (TPSA) is 91.0 Å². The minimum Gasteiger partial charge on any atom is -0.268 e. The Labute approximate surface area is 186 Å². The van der Waals surface area contributed by atoms with Crippen molar-refractivity contribution in [3.8, 4) is 11.1 Å². The van der Waals surface area contributed by atoms with Crippen LogP contribution in [0.4, 0.5) is 4.39 Å². The number of sulfone groups is 1. The average Bonchev–Trinajstić information content (AvgIpc) is 3.23. The van der Waals surface area contributed by atoms with Gasteiger partial charge in [-0.05, 0) is 44.2 Å². The Morgan fingerprint density at radius 3 is 2.34 bits per heavy atom. The van der Waals surface area contributed by atoms with Gasteiger partial charge in [0.25, 0.3) is 10.0 Å². The van der Waals surface area contributed by atoms with E-state index < -0.39 is 25.7 Å². The summed E-state index contributed by atoms with van der Waals surface area (Å²) < 4.78 is 66.7. The van der Waals surface area contributed by atoms with Gasteiger partial charge in [0.05, 0.1) is 28.4 Å². The first-order valence-electron chi connectivity index (χ1n) is 9.82. The fraction of sp³-hybridized carbons (Fsp3) is 0.227. The highest BCUT2D eigenvalue weighted by atomic mass is 32.2. The van der Waals surface area contributed by atoms with Crippen molar-refractivity contribution in [3.05, 3.63) is 71.9 Å². The van der Waals surface area contributed by atoms with Crippen LogP contribution in [0.25, 0.3) is 22.0 Å². The first-order valence-corrected chi connectivity index (χ1v) is 13.3. The van der Waals surface area contributed by atoms with Crippen LogP contribution in [0, 0.1) is 19.7 Å². The van der Waals surface area contributed by atoms with E-state index in [9.17, 15) is 21.2 Å². The Hall–Kier alpha value is -2.98. The molecule has 2 aromatic heterocycles. The highest BCUT2D eigenvalue weighted by Crippen LogP contribution is 2.36. The van der Waals surface area contributed by atoms with Crippen molar-refractivity contribution >= 4 is 30.8 Å². The summed E-state index contributed by atoms with van der Waals surface area (Å²) in [7, 11) is -7.15. The molecule has 0 bridgehead atoms. The van der Waals surface area contributed by atoms with Gasteiger partial charge in [-0.2, -0.15) is 5.10 Å². The van der Waals surface area contributed by atoms with Crippen molar-refractivity contribution in [3.63, 3.8) is 0 Å². The van der Waals surface area contributed by atoms with E-state index in [1.807, 2.05) is 0 Å². The van der Waals surface area contributed by atoms with Crippen LogP contribution in [0.1, 0.15) is 11.4 Å². The molecule has 0 atom stereocenters. The summed E-state index contributed by atoms with van der Waals surface area (Å²) in [5.74, 6) is -0.618. The van der Waals surface area contributed by atoms with Crippen LogP contribution in [-0.2, 0) is 26.4 Å². The second-order valence-corrected chi connectivity index (χ2v) is 11.8. The van der Waals surface area contributed by atoms with E-state index in [0.717, 1.165) is 10.2 Å². The van der Waals surface area contributed by atoms with Gasteiger partial charge in [-0.25, -0.2) is 25.2 Å². The summed E-state index contributed by atoms with van der Waals surface area (Å²) in [4.78, 5) is 0.0880. The number of benzene rings is 2. The molecule has 0 aliphatic rings. The third kappa shape index (κ3) is 3.95. The van der Waals surface area contributed by atoms with Gasteiger partial charge in [-0.15, -0.1) is 0 Å². The zero-order chi connectivity index (χ0) is 23.3. The second kappa shape index (κ2) is 7.86. The summed E-state index contributed by atoms with van der Waals surface area (Å²) in [6, 6.07) is 12.0. The molecule has 0 amide bonds. The molecule has 4 aromatic rings. The lowest BCUT2D eigenvalue weighted by atomic mass is 10.0. The van der Waals surface area contributed by atoms with E-state index >= 15 is 0 Å². The number of hydrogen-bond donors (Lipinski definition) is 0. The highest BCUT2D eigenvalue weighted by molar-refractivity contribution is 7.90. The Morgan fingerprint density at radius 2 is 1.69 bits per heavy atom. The molecule has 10 heteroatoms. The summed E-state index contributed by atoms with van der Waals surface area (Å²) in [6.45, 7) is 3.76. The zero-order valence-corrected chi connectivity index (χ0v) is 19.4. The summed E-state index contributed by atoms with van der Waals surface area (Å²) >= 11 is 0. The number of nitrogens with zero attached hydrogens (tertiary/aromatic N) is 3. The largest absolute Gasteiger partial charge is 0.268 e.